The van der Waals surface area contributed by atoms with E-state index in [9.17, 15) is 4.39 Å². The highest BCUT2D eigenvalue weighted by Gasteiger charge is 2.28. The minimum Gasteiger partial charge on any atom is -0.272 e. The number of hydrogen-bond acceptors (Lipinski definition) is 1. The molecule has 2 unspecified atom stereocenters. The topological polar surface area (TPSA) is 3.24 Å². The summed E-state index contributed by atoms with van der Waals surface area (Å²) in [5.74, 6) is 0.620. The Labute approximate surface area is 74.9 Å². The third-order valence-corrected chi connectivity index (χ3v) is 2.92. The quantitative estimate of drug-likeness (QED) is 0.580. The van der Waals surface area contributed by atoms with Gasteiger partial charge in [0.1, 0.15) is 0 Å². The van der Waals surface area contributed by atoms with E-state index in [1.807, 2.05) is 4.90 Å². The predicted molar refractivity (Wildman–Crippen MR) is 49.8 cm³/mol. The lowest BCUT2D eigenvalue weighted by atomic mass is 9.93. The highest BCUT2D eigenvalue weighted by atomic mass is 19.1. The first-order valence-electron chi connectivity index (χ1n) is 5.05. The lowest BCUT2D eigenvalue weighted by Crippen LogP contribution is -2.43. The summed E-state index contributed by atoms with van der Waals surface area (Å²) < 4.78 is 13.5. The van der Waals surface area contributed by atoms with Crippen LogP contribution in [0.15, 0.2) is 0 Å². The van der Waals surface area contributed by atoms with E-state index in [4.69, 9.17) is 0 Å². The van der Waals surface area contributed by atoms with E-state index in [2.05, 4.69) is 20.8 Å². The van der Waals surface area contributed by atoms with Gasteiger partial charge >= 0.3 is 0 Å². The molecule has 0 aromatic carbocycles. The molecule has 1 rings (SSSR count). The summed E-state index contributed by atoms with van der Waals surface area (Å²) in [6, 6.07) is 0.359. The average molecular weight is 173 g/mol. The van der Waals surface area contributed by atoms with Crippen LogP contribution in [0.2, 0.25) is 0 Å². The maximum Gasteiger partial charge on any atom is 0.154 e. The Balaban J connectivity index is 2.42. The lowest BCUT2D eigenvalue weighted by molar-refractivity contribution is -0.00133. The van der Waals surface area contributed by atoms with E-state index in [-0.39, 0.29) is 0 Å². The molecule has 2 atom stereocenters. The number of rotatable bonds is 2. The molecule has 0 saturated carbocycles. The van der Waals surface area contributed by atoms with Crippen LogP contribution in [0.25, 0.3) is 0 Å². The minimum absolute atomic E-state index is 0.359. The average Bonchev–Trinajstić information content (AvgIpc) is 2.03. The van der Waals surface area contributed by atoms with Gasteiger partial charge in [-0.05, 0) is 32.6 Å². The zero-order valence-electron chi connectivity index (χ0n) is 8.39. The Kier molecular flexibility index (Phi) is 3.51. The second kappa shape index (κ2) is 4.22. The van der Waals surface area contributed by atoms with Gasteiger partial charge in [-0.25, -0.2) is 4.39 Å². The van der Waals surface area contributed by atoms with Gasteiger partial charge in [-0.1, -0.05) is 13.3 Å². The van der Waals surface area contributed by atoms with Gasteiger partial charge in [0, 0.05) is 12.6 Å². The Morgan fingerprint density at radius 2 is 2.17 bits per heavy atom. The van der Waals surface area contributed by atoms with Gasteiger partial charge in [-0.2, -0.15) is 0 Å². The molecule has 1 aliphatic heterocycles. The predicted octanol–water partition coefficient (Wildman–Crippen LogP) is 2.81. The van der Waals surface area contributed by atoms with Crippen molar-refractivity contribution in [1.82, 2.24) is 4.90 Å². The smallest absolute Gasteiger partial charge is 0.154 e. The first-order valence-corrected chi connectivity index (χ1v) is 5.05. The maximum absolute atomic E-state index is 13.5. The molecule has 1 fully saturated rings. The molecule has 0 bridgehead atoms. The van der Waals surface area contributed by atoms with Crippen LogP contribution in [0.3, 0.4) is 0 Å². The SMILES string of the molecule is CCC1CCN(C(C)C)C(F)C1. The van der Waals surface area contributed by atoms with E-state index in [1.165, 1.54) is 6.42 Å². The molecule has 1 nitrogen and oxygen atoms in total. The van der Waals surface area contributed by atoms with Gasteiger partial charge < -0.3 is 0 Å². The standard InChI is InChI=1S/C10H20FN/c1-4-9-5-6-12(8(2)3)10(11)7-9/h8-10H,4-7H2,1-3H3. The van der Waals surface area contributed by atoms with Gasteiger partial charge in [0.25, 0.3) is 0 Å². The number of alkyl halides is 1. The summed E-state index contributed by atoms with van der Waals surface area (Å²) in [7, 11) is 0. The minimum atomic E-state index is -0.691. The third-order valence-electron chi connectivity index (χ3n) is 2.92. The van der Waals surface area contributed by atoms with Crippen molar-refractivity contribution < 1.29 is 4.39 Å². The second-order valence-electron chi connectivity index (χ2n) is 4.06. The fraction of sp³-hybridized carbons (Fsp3) is 1.00. The molecule has 72 valence electrons. The maximum atomic E-state index is 13.5. The van der Waals surface area contributed by atoms with Crippen LogP contribution < -0.4 is 0 Å². The van der Waals surface area contributed by atoms with E-state index in [0.29, 0.717) is 12.0 Å². The molecule has 0 spiro atoms. The second-order valence-corrected chi connectivity index (χ2v) is 4.06. The fourth-order valence-electron chi connectivity index (χ4n) is 1.95. The highest BCUT2D eigenvalue weighted by molar-refractivity contribution is 4.76. The molecule has 2 heteroatoms. The Hall–Kier alpha value is -0.110. The van der Waals surface area contributed by atoms with E-state index in [1.54, 1.807) is 0 Å². The first kappa shape index (κ1) is 9.97. The van der Waals surface area contributed by atoms with Crippen molar-refractivity contribution in [2.45, 2.75) is 52.4 Å². The zero-order valence-corrected chi connectivity index (χ0v) is 8.39. The van der Waals surface area contributed by atoms with E-state index >= 15 is 0 Å². The fourth-order valence-corrected chi connectivity index (χ4v) is 1.95. The third kappa shape index (κ3) is 2.19. The van der Waals surface area contributed by atoms with Crippen LogP contribution in [-0.2, 0) is 0 Å². The monoisotopic (exact) mass is 173 g/mol. The molecule has 1 saturated heterocycles. The van der Waals surface area contributed by atoms with E-state index < -0.39 is 6.30 Å². The largest absolute Gasteiger partial charge is 0.272 e. The van der Waals surface area contributed by atoms with E-state index in [0.717, 1.165) is 19.4 Å². The molecule has 0 N–H and O–H groups in total. The number of piperidine rings is 1. The number of likely N-dealkylation sites (tertiary alicyclic amines) is 1. The first-order chi connectivity index (χ1) is 5.65. The van der Waals surface area contributed by atoms with Gasteiger partial charge in [0.05, 0.1) is 0 Å². The number of hydrogen-bond donors (Lipinski definition) is 0. The lowest BCUT2D eigenvalue weighted by Gasteiger charge is -2.37. The zero-order chi connectivity index (χ0) is 9.14. The molecule has 1 aliphatic rings. The summed E-state index contributed by atoms with van der Waals surface area (Å²) in [5, 5.41) is 0. The molecular weight excluding hydrogens is 153 g/mol. The summed E-state index contributed by atoms with van der Waals surface area (Å²) in [6.07, 6.45) is 2.36. The van der Waals surface area contributed by atoms with Crippen LogP contribution in [0.1, 0.15) is 40.0 Å². The van der Waals surface area contributed by atoms with Crippen LogP contribution in [-0.4, -0.2) is 23.8 Å². The normalized spacial score (nSPS) is 32.8. The van der Waals surface area contributed by atoms with Crippen molar-refractivity contribution in [3.05, 3.63) is 0 Å². The van der Waals surface area contributed by atoms with Crippen LogP contribution in [0.4, 0.5) is 4.39 Å². The van der Waals surface area contributed by atoms with Gasteiger partial charge in [0.15, 0.2) is 6.30 Å². The molecule has 0 amide bonds. The van der Waals surface area contributed by atoms with Gasteiger partial charge in [0.2, 0.25) is 0 Å². The number of halogens is 1. The molecule has 0 aliphatic carbocycles. The summed E-state index contributed by atoms with van der Waals surface area (Å²) >= 11 is 0. The Morgan fingerprint density at radius 3 is 2.58 bits per heavy atom. The highest BCUT2D eigenvalue weighted by Crippen LogP contribution is 2.27. The van der Waals surface area contributed by atoms with Crippen molar-refractivity contribution >= 4 is 0 Å². The van der Waals surface area contributed by atoms with Crippen LogP contribution >= 0.6 is 0 Å². The summed E-state index contributed by atoms with van der Waals surface area (Å²) in [5.41, 5.74) is 0. The van der Waals surface area contributed by atoms with Crippen molar-refractivity contribution in [2.24, 2.45) is 5.92 Å². The van der Waals surface area contributed by atoms with Crippen molar-refractivity contribution in [3.63, 3.8) is 0 Å². The van der Waals surface area contributed by atoms with Crippen LogP contribution in [0, 0.1) is 5.92 Å². The molecule has 12 heavy (non-hydrogen) atoms. The molecule has 0 aromatic heterocycles. The summed E-state index contributed by atoms with van der Waals surface area (Å²) in [6.45, 7) is 7.23. The van der Waals surface area contributed by atoms with Crippen LogP contribution in [0.5, 0.6) is 0 Å². The van der Waals surface area contributed by atoms with Crippen molar-refractivity contribution in [2.75, 3.05) is 6.54 Å². The van der Waals surface area contributed by atoms with Crippen molar-refractivity contribution in [3.8, 4) is 0 Å². The number of nitrogens with zero attached hydrogens (tertiary/aromatic N) is 1. The van der Waals surface area contributed by atoms with Gasteiger partial charge in [-0.15, -0.1) is 0 Å². The molecule has 0 aromatic rings. The van der Waals surface area contributed by atoms with Gasteiger partial charge in [-0.3, -0.25) is 4.90 Å². The molecule has 0 radical (unpaired) electrons. The molecular formula is C10H20FN. The van der Waals surface area contributed by atoms with Crippen molar-refractivity contribution in [1.29, 1.82) is 0 Å². The summed E-state index contributed by atoms with van der Waals surface area (Å²) in [4.78, 5) is 1.96. The molecule has 1 heterocycles. The Morgan fingerprint density at radius 1 is 1.50 bits per heavy atom. The Bertz CT molecular complexity index is 136.